The monoisotopic (exact) mass is 472 g/mol. The van der Waals surface area contributed by atoms with E-state index in [2.05, 4.69) is 25.4 Å². The molecule has 3 heterocycles. The third kappa shape index (κ3) is 5.05. The van der Waals surface area contributed by atoms with Gasteiger partial charge in [0.2, 0.25) is 5.95 Å². The quantitative estimate of drug-likeness (QED) is 0.557. The second-order valence-electron chi connectivity index (χ2n) is 8.33. The minimum Gasteiger partial charge on any atom is -0.350 e. The smallest absolute Gasteiger partial charge is 0.350 e. The summed E-state index contributed by atoms with van der Waals surface area (Å²) in [6, 6.07) is 2.39. The maximum Gasteiger partial charge on any atom is 0.416 e. The van der Waals surface area contributed by atoms with E-state index in [0.717, 1.165) is 38.1 Å². The van der Waals surface area contributed by atoms with E-state index in [4.69, 9.17) is 0 Å². The average molecular weight is 472 g/mol. The topological polar surface area (TPSA) is 58.4 Å². The second kappa shape index (κ2) is 8.47. The molecule has 0 bridgehead atoms. The van der Waals surface area contributed by atoms with E-state index in [1.165, 1.54) is 6.33 Å². The molecule has 1 saturated heterocycles. The predicted octanol–water partition coefficient (Wildman–Crippen LogP) is 4.73. The van der Waals surface area contributed by atoms with Crippen LogP contribution in [-0.2, 0) is 12.6 Å². The van der Waals surface area contributed by atoms with E-state index in [0.29, 0.717) is 23.2 Å². The first-order valence-corrected chi connectivity index (χ1v) is 10.3. The van der Waals surface area contributed by atoms with Crippen LogP contribution >= 0.6 is 0 Å². The van der Waals surface area contributed by atoms with Gasteiger partial charge in [-0.05, 0) is 51.1 Å². The first kappa shape index (κ1) is 23.3. The fourth-order valence-corrected chi connectivity index (χ4v) is 4.19. The molecule has 2 aromatic heterocycles. The fraction of sp³-hybridized carbons (Fsp3) is 0.476. The Morgan fingerprint density at radius 3 is 2.55 bits per heavy atom. The van der Waals surface area contributed by atoms with Gasteiger partial charge in [0.25, 0.3) is 0 Å². The van der Waals surface area contributed by atoms with Crippen molar-refractivity contribution in [3.8, 4) is 11.3 Å². The molecule has 1 unspecified atom stereocenters. The molecule has 0 saturated carbocycles. The molecule has 1 N–H and O–H groups in total. The van der Waals surface area contributed by atoms with Crippen molar-refractivity contribution in [1.82, 2.24) is 24.5 Å². The maximum atomic E-state index is 13.2. The van der Waals surface area contributed by atoms with E-state index in [1.807, 2.05) is 7.05 Å². The van der Waals surface area contributed by atoms with Crippen LogP contribution in [0, 0.1) is 6.92 Å². The van der Waals surface area contributed by atoms with Gasteiger partial charge in [0, 0.05) is 18.2 Å². The molecular weight excluding hydrogens is 450 g/mol. The number of nitrogens with one attached hydrogen (secondary N) is 1. The summed E-state index contributed by atoms with van der Waals surface area (Å²) in [5, 5.41) is 11.6. The molecule has 6 nitrogen and oxygen atoms in total. The number of anilines is 1. The van der Waals surface area contributed by atoms with E-state index in [-0.39, 0.29) is 17.3 Å². The number of hydrogen-bond donors (Lipinski definition) is 1. The first-order chi connectivity index (χ1) is 15.4. The van der Waals surface area contributed by atoms with Crippen LogP contribution in [-0.4, -0.2) is 56.8 Å². The molecule has 1 aromatic carbocycles. The summed E-state index contributed by atoms with van der Waals surface area (Å²) >= 11 is 0. The van der Waals surface area contributed by atoms with Crippen molar-refractivity contribution in [1.29, 1.82) is 0 Å². The highest BCUT2D eigenvalue weighted by molar-refractivity contribution is 5.81. The van der Waals surface area contributed by atoms with Gasteiger partial charge in [-0.2, -0.15) is 26.3 Å². The van der Waals surface area contributed by atoms with Crippen molar-refractivity contribution in [2.24, 2.45) is 0 Å². The van der Waals surface area contributed by atoms with Gasteiger partial charge < -0.3 is 10.2 Å². The van der Waals surface area contributed by atoms with E-state index < -0.39 is 29.9 Å². The summed E-state index contributed by atoms with van der Waals surface area (Å²) < 4.78 is 80.7. The van der Waals surface area contributed by atoms with Gasteiger partial charge in [0.15, 0.2) is 0 Å². The van der Waals surface area contributed by atoms with Crippen LogP contribution in [0.5, 0.6) is 0 Å². The molecule has 178 valence electrons. The first-order valence-electron chi connectivity index (χ1n) is 10.3. The number of likely N-dealkylation sites (N-methyl/N-ethyl adjacent to an activating group) is 1. The van der Waals surface area contributed by atoms with Gasteiger partial charge in [0.05, 0.1) is 23.2 Å². The Labute approximate surface area is 185 Å². The number of nitrogens with zero attached hydrogens (tertiary/aromatic N) is 5. The second-order valence-corrected chi connectivity index (χ2v) is 8.33. The molecule has 0 spiro atoms. The van der Waals surface area contributed by atoms with Crippen molar-refractivity contribution < 1.29 is 26.3 Å². The van der Waals surface area contributed by atoms with Crippen LogP contribution in [0.25, 0.3) is 16.8 Å². The largest absolute Gasteiger partial charge is 0.416 e. The van der Waals surface area contributed by atoms with Crippen LogP contribution in [0.4, 0.5) is 32.3 Å². The Morgan fingerprint density at radius 1 is 1.12 bits per heavy atom. The lowest BCUT2D eigenvalue weighted by molar-refractivity contribution is -0.138. The minimum absolute atomic E-state index is 0.0456. The standard InChI is InChI=1S/C21H22F6N6/c1-12-18-17(16-6-5-14(21(25,26)27)8-13(16)9-20(22,23)24)30-31-19(33(18)11-28-12)29-15-4-3-7-32(2)10-15/h5-6,8,11,15H,3-4,7,9-10H2,1-2H3,(H,29,31). The number of halogens is 6. The number of rotatable bonds is 4. The number of benzene rings is 1. The molecular formula is C21H22F6N6. The van der Waals surface area contributed by atoms with Crippen molar-refractivity contribution in [2.75, 3.05) is 25.5 Å². The fourth-order valence-electron chi connectivity index (χ4n) is 4.19. The van der Waals surface area contributed by atoms with Gasteiger partial charge in [-0.3, -0.25) is 4.40 Å². The molecule has 1 atom stereocenters. The highest BCUT2D eigenvalue weighted by Crippen LogP contribution is 2.37. The number of piperidine rings is 1. The number of aromatic nitrogens is 4. The van der Waals surface area contributed by atoms with Gasteiger partial charge in [0.1, 0.15) is 12.0 Å². The van der Waals surface area contributed by atoms with Crippen LogP contribution in [0.2, 0.25) is 0 Å². The summed E-state index contributed by atoms with van der Waals surface area (Å²) in [5.74, 6) is 0.374. The number of hydrogen-bond acceptors (Lipinski definition) is 5. The van der Waals surface area contributed by atoms with Crippen molar-refractivity contribution in [2.45, 2.75) is 44.6 Å². The summed E-state index contributed by atoms with van der Waals surface area (Å²) in [7, 11) is 2.01. The number of likely N-dealkylation sites (tertiary alicyclic amines) is 1. The zero-order valence-electron chi connectivity index (χ0n) is 17.9. The lowest BCUT2D eigenvalue weighted by Gasteiger charge is -2.30. The molecule has 0 aliphatic carbocycles. The summed E-state index contributed by atoms with van der Waals surface area (Å²) in [6.07, 6.45) is -7.61. The Kier molecular flexibility index (Phi) is 5.97. The molecule has 1 aliphatic heterocycles. The molecule has 0 amide bonds. The number of imidazole rings is 1. The van der Waals surface area contributed by atoms with Crippen LogP contribution in [0.15, 0.2) is 24.5 Å². The normalized spacial score (nSPS) is 18.1. The van der Waals surface area contributed by atoms with Gasteiger partial charge >= 0.3 is 12.4 Å². The molecule has 12 heteroatoms. The predicted molar refractivity (Wildman–Crippen MR) is 110 cm³/mol. The number of fused-ring (bicyclic) bond motifs is 1. The summed E-state index contributed by atoms with van der Waals surface area (Å²) in [5.41, 5.74) is -0.834. The van der Waals surface area contributed by atoms with Crippen LogP contribution < -0.4 is 5.32 Å². The third-order valence-electron chi connectivity index (χ3n) is 5.68. The molecule has 3 aromatic rings. The van der Waals surface area contributed by atoms with Crippen molar-refractivity contribution in [3.05, 3.63) is 41.3 Å². The Morgan fingerprint density at radius 2 is 1.88 bits per heavy atom. The van der Waals surface area contributed by atoms with Gasteiger partial charge in [-0.25, -0.2) is 4.98 Å². The van der Waals surface area contributed by atoms with Crippen molar-refractivity contribution in [3.63, 3.8) is 0 Å². The highest BCUT2D eigenvalue weighted by Gasteiger charge is 2.35. The van der Waals surface area contributed by atoms with E-state index >= 15 is 0 Å². The number of alkyl halides is 6. The van der Waals surface area contributed by atoms with Crippen LogP contribution in [0.1, 0.15) is 29.7 Å². The maximum absolute atomic E-state index is 13.2. The minimum atomic E-state index is -4.77. The highest BCUT2D eigenvalue weighted by atomic mass is 19.4. The van der Waals surface area contributed by atoms with Gasteiger partial charge in [-0.1, -0.05) is 6.07 Å². The summed E-state index contributed by atoms with van der Waals surface area (Å²) in [6.45, 7) is 3.43. The SMILES string of the molecule is Cc1ncn2c(NC3CCCN(C)C3)nnc(-c3ccc(C(F)(F)F)cc3CC(F)(F)F)c12. The average Bonchev–Trinajstić information content (AvgIpc) is 3.09. The zero-order chi connectivity index (χ0) is 24.0. The van der Waals surface area contributed by atoms with E-state index in [1.54, 1.807) is 11.3 Å². The molecule has 1 aliphatic rings. The van der Waals surface area contributed by atoms with E-state index in [9.17, 15) is 26.3 Å². The van der Waals surface area contributed by atoms with Gasteiger partial charge in [-0.15, -0.1) is 10.2 Å². The number of aryl methyl sites for hydroxylation is 1. The lowest BCUT2D eigenvalue weighted by atomic mass is 9.97. The molecule has 1 fully saturated rings. The van der Waals surface area contributed by atoms with Crippen molar-refractivity contribution >= 4 is 11.5 Å². The Balaban J connectivity index is 1.81. The Bertz CT molecular complexity index is 1150. The lowest BCUT2D eigenvalue weighted by Crippen LogP contribution is -2.40. The summed E-state index contributed by atoms with van der Waals surface area (Å²) in [4.78, 5) is 6.41. The third-order valence-corrected chi connectivity index (χ3v) is 5.68. The molecule has 4 rings (SSSR count). The van der Waals surface area contributed by atoms with Crippen LogP contribution in [0.3, 0.4) is 0 Å². The zero-order valence-corrected chi connectivity index (χ0v) is 17.9. The Hall–Kier alpha value is -2.89. The molecule has 33 heavy (non-hydrogen) atoms. The molecule has 0 radical (unpaired) electrons.